The van der Waals surface area contributed by atoms with Crippen molar-refractivity contribution in [3.05, 3.63) is 65.0 Å². The van der Waals surface area contributed by atoms with E-state index < -0.39 is 0 Å². The molecule has 4 rings (SSSR count). The maximum atomic E-state index is 12.9. The summed E-state index contributed by atoms with van der Waals surface area (Å²) in [5, 5.41) is 4.73. The van der Waals surface area contributed by atoms with Crippen molar-refractivity contribution in [3.8, 4) is 17.1 Å². The van der Waals surface area contributed by atoms with Gasteiger partial charge in [0.15, 0.2) is 0 Å². The lowest BCUT2D eigenvalue weighted by atomic mass is 10.1. The van der Waals surface area contributed by atoms with Crippen molar-refractivity contribution >= 4 is 17.5 Å². The molecule has 8 heteroatoms. The summed E-state index contributed by atoms with van der Waals surface area (Å²) in [5.74, 6) is 2.30. The molecule has 1 amide bonds. The van der Waals surface area contributed by atoms with Crippen LogP contribution in [0.4, 0.5) is 0 Å². The van der Waals surface area contributed by atoms with Crippen LogP contribution < -0.4 is 4.74 Å². The summed E-state index contributed by atoms with van der Waals surface area (Å²) in [6.45, 7) is 8.17. The smallest absolute Gasteiger partial charge is 0.254 e. The summed E-state index contributed by atoms with van der Waals surface area (Å²) in [4.78, 5) is 21.5. The highest BCUT2D eigenvalue weighted by atomic mass is 35.5. The van der Waals surface area contributed by atoms with Crippen LogP contribution in [-0.2, 0) is 6.54 Å². The van der Waals surface area contributed by atoms with E-state index in [1.165, 1.54) is 0 Å². The second-order valence-corrected chi connectivity index (χ2v) is 8.76. The van der Waals surface area contributed by atoms with E-state index in [0.717, 1.165) is 24.4 Å². The quantitative estimate of drug-likeness (QED) is 0.527. The van der Waals surface area contributed by atoms with Crippen molar-refractivity contribution in [2.75, 3.05) is 32.8 Å². The fraction of sp³-hybridized carbons (Fsp3) is 0.375. The van der Waals surface area contributed by atoms with Crippen LogP contribution >= 0.6 is 11.6 Å². The van der Waals surface area contributed by atoms with Crippen molar-refractivity contribution in [1.82, 2.24) is 19.9 Å². The molecule has 1 fully saturated rings. The van der Waals surface area contributed by atoms with E-state index in [1.54, 1.807) is 12.1 Å². The summed E-state index contributed by atoms with van der Waals surface area (Å²) in [6, 6.07) is 14.8. The first-order valence-electron chi connectivity index (χ1n) is 10.8. The zero-order chi connectivity index (χ0) is 22.5. The van der Waals surface area contributed by atoms with Crippen molar-refractivity contribution < 1.29 is 14.1 Å². The number of halogens is 1. The molecule has 2 aromatic carbocycles. The Morgan fingerprint density at radius 3 is 2.59 bits per heavy atom. The fourth-order valence-corrected chi connectivity index (χ4v) is 3.63. The summed E-state index contributed by atoms with van der Waals surface area (Å²) >= 11 is 5.93. The molecule has 32 heavy (non-hydrogen) atoms. The third-order valence-electron chi connectivity index (χ3n) is 5.25. The topological polar surface area (TPSA) is 71.7 Å². The van der Waals surface area contributed by atoms with Crippen LogP contribution in [0.5, 0.6) is 5.75 Å². The van der Waals surface area contributed by atoms with E-state index in [0.29, 0.717) is 54.5 Å². The number of amides is 1. The van der Waals surface area contributed by atoms with Gasteiger partial charge in [-0.05, 0) is 48.4 Å². The highest BCUT2D eigenvalue weighted by molar-refractivity contribution is 6.30. The highest BCUT2D eigenvalue weighted by Gasteiger charge is 2.24. The number of nitrogens with zero attached hydrogens (tertiary/aromatic N) is 4. The third kappa shape index (κ3) is 5.66. The van der Waals surface area contributed by atoms with Gasteiger partial charge in [0.1, 0.15) is 5.75 Å². The number of aromatic nitrogens is 2. The molecular formula is C24H27ClN4O3. The van der Waals surface area contributed by atoms with Crippen molar-refractivity contribution in [3.63, 3.8) is 0 Å². The SMILES string of the molecule is CC(C)COc1cccc(C(=O)N2CCN(Cc3nc(-c4ccc(Cl)cc4)no3)CC2)c1. The molecule has 168 valence electrons. The predicted molar refractivity (Wildman–Crippen MR) is 123 cm³/mol. The molecule has 0 N–H and O–H groups in total. The van der Waals surface area contributed by atoms with Gasteiger partial charge in [-0.15, -0.1) is 0 Å². The molecule has 0 saturated carbocycles. The minimum Gasteiger partial charge on any atom is -0.493 e. The van der Waals surface area contributed by atoms with Gasteiger partial charge in [-0.25, -0.2) is 0 Å². The second kappa shape index (κ2) is 10.1. The molecule has 0 spiro atoms. The van der Waals surface area contributed by atoms with Crippen molar-refractivity contribution in [2.24, 2.45) is 5.92 Å². The van der Waals surface area contributed by atoms with E-state index >= 15 is 0 Å². The van der Waals surface area contributed by atoms with Gasteiger partial charge in [-0.2, -0.15) is 4.98 Å². The minimum atomic E-state index is 0.0301. The maximum Gasteiger partial charge on any atom is 0.254 e. The van der Waals surface area contributed by atoms with E-state index in [-0.39, 0.29) is 5.91 Å². The standard InChI is InChI=1S/C24H27ClN4O3/c1-17(2)16-31-21-5-3-4-19(14-21)24(30)29-12-10-28(11-13-29)15-22-26-23(27-32-22)18-6-8-20(25)9-7-18/h3-9,14,17H,10-13,15-16H2,1-2H3. The molecule has 1 aliphatic rings. The average Bonchev–Trinajstić information content (AvgIpc) is 3.27. The molecule has 0 aliphatic carbocycles. The molecule has 0 unspecified atom stereocenters. The Morgan fingerprint density at radius 1 is 1.12 bits per heavy atom. The molecule has 1 aliphatic heterocycles. The fourth-order valence-electron chi connectivity index (χ4n) is 3.50. The Kier molecular flexibility index (Phi) is 7.07. The van der Waals surface area contributed by atoms with Gasteiger partial charge < -0.3 is 14.2 Å². The number of hydrogen-bond acceptors (Lipinski definition) is 6. The molecule has 3 aromatic rings. The summed E-state index contributed by atoms with van der Waals surface area (Å²) in [7, 11) is 0. The Hall–Kier alpha value is -2.90. The van der Waals surface area contributed by atoms with Crippen molar-refractivity contribution in [2.45, 2.75) is 20.4 Å². The lowest BCUT2D eigenvalue weighted by Crippen LogP contribution is -2.48. The number of hydrogen-bond donors (Lipinski definition) is 0. The first-order chi connectivity index (χ1) is 15.5. The van der Waals surface area contributed by atoms with Crippen molar-refractivity contribution in [1.29, 1.82) is 0 Å². The number of rotatable bonds is 7. The van der Waals surface area contributed by atoms with E-state index in [9.17, 15) is 4.79 Å². The molecule has 0 bridgehead atoms. The lowest BCUT2D eigenvalue weighted by molar-refractivity contribution is 0.0614. The molecule has 2 heterocycles. The molecule has 7 nitrogen and oxygen atoms in total. The molecular weight excluding hydrogens is 428 g/mol. The van der Waals surface area contributed by atoms with Crippen LogP contribution in [0, 0.1) is 5.92 Å². The van der Waals surface area contributed by atoms with Gasteiger partial charge in [0.25, 0.3) is 5.91 Å². The average molecular weight is 455 g/mol. The number of benzene rings is 2. The molecule has 1 aromatic heterocycles. The first kappa shape index (κ1) is 22.3. The summed E-state index contributed by atoms with van der Waals surface area (Å²) < 4.78 is 11.2. The Morgan fingerprint density at radius 2 is 1.88 bits per heavy atom. The van der Waals surface area contributed by atoms with E-state index in [2.05, 4.69) is 28.9 Å². The summed E-state index contributed by atoms with van der Waals surface area (Å²) in [5.41, 5.74) is 1.52. The monoisotopic (exact) mass is 454 g/mol. The van der Waals surface area contributed by atoms with E-state index in [1.807, 2.05) is 41.3 Å². The summed E-state index contributed by atoms with van der Waals surface area (Å²) in [6.07, 6.45) is 0. The van der Waals surface area contributed by atoms with E-state index in [4.69, 9.17) is 20.9 Å². The zero-order valence-electron chi connectivity index (χ0n) is 18.3. The second-order valence-electron chi connectivity index (χ2n) is 8.32. The van der Waals surface area contributed by atoms with Gasteiger partial charge in [0, 0.05) is 42.3 Å². The maximum absolute atomic E-state index is 12.9. The van der Waals surface area contributed by atoms with Gasteiger partial charge in [-0.1, -0.05) is 36.7 Å². The van der Waals surface area contributed by atoms with Crippen LogP contribution in [0.2, 0.25) is 5.02 Å². The number of piperazine rings is 1. The first-order valence-corrected chi connectivity index (χ1v) is 11.2. The number of carbonyl (C=O) groups excluding carboxylic acids is 1. The van der Waals surface area contributed by atoms with Gasteiger partial charge in [0.05, 0.1) is 13.2 Å². The normalized spacial score (nSPS) is 14.7. The van der Waals surface area contributed by atoms with Crippen LogP contribution in [0.1, 0.15) is 30.1 Å². The Balaban J connectivity index is 1.30. The molecule has 0 radical (unpaired) electrons. The van der Waals surface area contributed by atoms with Gasteiger partial charge >= 0.3 is 0 Å². The van der Waals surface area contributed by atoms with Crippen LogP contribution in [-0.4, -0.2) is 58.6 Å². The van der Waals surface area contributed by atoms with Gasteiger partial charge in [-0.3, -0.25) is 9.69 Å². The third-order valence-corrected chi connectivity index (χ3v) is 5.51. The van der Waals surface area contributed by atoms with Crippen LogP contribution in [0.3, 0.4) is 0 Å². The molecule has 1 saturated heterocycles. The highest BCUT2D eigenvalue weighted by Crippen LogP contribution is 2.20. The van der Waals surface area contributed by atoms with Crippen LogP contribution in [0.15, 0.2) is 53.1 Å². The Bertz CT molecular complexity index is 1040. The number of carbonyl (C=O) groups is 1. The van der Waals surface area contributed by atoms with Gasteiger partial charge in [0.2, 0.25) is 11.7 Å². The predicted octanol–water partition coefficient (Wildman–Crippen LogP) is 4.38. The molecule has 0 atom stereocenters. The zero-order valence-corrected chi connectivity index (χ0v) is 19.1. The minimum absolute atomic E-state index is 0.0301. The largest absolute Gasteiger partial charge is 0.493 e. The van der Waals surface area contributed by atoms with Crippen LogP contribution in [0.25, 0.3) is 11.4 Å². The number of ether oxygens (including phenoxy) is 1. The Labute approximate surface area is 192 Å². The lowest BCUT2D eigenvalue weighted by Gasteiger charge is -2.34.